The summed E-state index contributed by atoms with van der Waals surface area (Å²) in [5, 5.41) is 9.17. The van der Waals surface area contributed by atoms with Crippen molar-refractivity contribution in [2.24, 2.45) is 0 Å². The van der Waals surface area contributed by atoms with Crippen molar-refractivity contribution < 1.29 is 8.83 Å². The van der Waals surface area contributed by atoms with Gasteiger partial charge in [-0.3, -0.25) is 0 Å². The molecule has 3 nitrogen and oxygen atoms in total. The summed E-state index contributed by atoms with van der Waals surface area (Å²) in [5.74, 6) is 0. The summed E-state index contributed by atoms with van der Waals surface area (Å²) in [6, 6.07) is 66.6. The molecule has 0 unspecified atom stereocenters. The number of fused-ring (bicyclic) bond motifs is 11. The van der Waals surface area contributed by atoms with E-state index in [1.54, 1.807) is 0 Å². The molecule has 0 fully saturated rings. The molecule has 2 heterocycles. The van der Waals surface area contributed by atoms with Gasteiger partial charge in [-0.05, 0) is 87.4 Å². The van der Waals surface area contributed by atoms with Gasteiger partial charge < -0.3 is 13.7 Å². The summed E-state index contributed by atoms with van der Waals surface area (Å²) in [4.78, 5) is 2.36. The van der Waals surface area contributed by atoms with Gasteiger partial charge in [0.25, 0.3) is 0 Å². The van der Waals surface area contributed by atoms with E-state index in [-0.39, 0.29) is 0 Å². The molecule has 0 saturated heterocycles. The van der Waals surface area contributed by atoms with Gasteiger partial charge in [0.05, 0.1) is 11.1 Å². The zero-order valence-corrected chi connectivity index (χ0v) is 28.7. The van der Waals surface area contributed by atoms with Crippen molar-refractivity contribution in [3.05, 3.63) is 188 Å². The quantitative estimate of drug-likeness (QED) is 0.170. The highest BCUT2D eigenvalue weighted by atomic mass is 16.3. The number of hydrogen-bond acceptors (Lipinski definition) is 3. The molecular weight excluding hydrogens is 647 g/mol. The second-order valence-electron chi connectivity index (χ2n) is 13.6. The fraction of sp³-hybridized carbons (Fsp3) is 0. The summed E-state index contributed by atoms with van der Waals surface area (Å²) in [7, 11) is 0. The summed E-state index contributed by atoms with van der Waals surface area (Å²) >= 11 is 0. The van der Waals surface area contributed by atoms with Crippen LogP contribution in [0, 0.1) is 0 Å². The van der Waals surface area contributed by atoms with Crippen LogP contribution in [-0.4, -0.2) is 0 Å². The Labute approximate surface area is 305 Å². The van der Waals surface area contributed by atoms with Crippen LogP contribution in [0.5, 0.6) is 0 Å². The molecule has 0 N–H and O–H groups in total. The number of anilines is 3. The third-order valence-corrected chi connectivity index (χ3v) is 10.7. The van der Waals surface area contributed by atoms with Gasteiger partial charge in [0.2, 0.25) is 0 Å². The first-order valence-electron chi connectivity index (χ1n) is 18.0. The normalized spacial score (nSPS) is 11.8. The van der Waals surface area contributed by atoms with Gasteiger partial charge in [-0.25, -0.2) is 0 Å². The Bertz CT molecular complexity index is 3160. The van der Waals surface area contributed by atoms with Crippen LogP contribution in [0.3, 0.4) is 0 Å². The van der Waals surface area contributed by atoms with Crippen molar-refractivity contribution >= 4 is 82.5 Å². The Morgan fingerprint density at radius 2 is 0.906 bits per heavy atom. The summed E-state index contributed by atoms with van der Waals surface area (Å²) < 4.78 is 13.4. The van der Waals surface area contributed by atoms with Crippen LogP contribution >= 0.6 is 0 Å². The van der Waals surface area contributed by atoms with Crippen molar-refractivity contribution in [1.82, 2.24) is 0 Å². The number of benzene rings is 9. The Hall–Kier alpha value is -7.10. The van der Waals surface area contributed by atoms with E-state index in [0.29, 0.717) is 0 Å². The molecule has 0 aliphatic heterocycles. The van der Waals surface area contributed by atoms with Crippen molar-refractivity contribution in [2.75, 3.05) is 4.90 Å². The molecule has 0 saturated carbocycles. The highest BCUT2D eigenvalue weighted by Crippen LogP contribution is 2.49. The first-order valence-corrected chi connectivity index (χ1v) is 18.0. The average Bonchev–Trinajstić information content (AvgIpc) is 3.82. The number of para-hydroxylation sites is 2. The van der Waals surface area contributed by atoms with Crippen molar-refractivity contribution in [3.8, 4) is 22.3 Å². The van der Waals surface area contributed by atoms with E-state index in [9.17, 15) is 0 Å². The summed E-state index contributed by atoms with van der Waals surface area (Å²) in [6.45, 7) is 0. The molecule has 3 heteroatoms. The third-order valence-electron chi connectivity index (χ3n) is 10.7. The lowest BCUT2D eigenvalue weighted by Crippen LogP contribution is -2.10. The molecule has 11 aromatic rings. The van der Waals surface area contributed by atoms with E-state index in [4.69, 9.17) is 8.83 Å². The number of furan rings is 2. The highest BCUT2D eigenvalue weighted by molar-refractivity contribution is 6.33. The highest BCUT2D eigenvalue weighted by Gasteiger charge is 2.25. The minimum absolute atomic E-state index is 0.877. The van der Waals surface area contributed by atoms with Gasteiger partial charge >= 0.3 is 0 Å². The molecule has 0 atom stereocenters. The molecule has 9 aromatic carbocycles. The zero-order chi connectivity index (χ0) is 34.9. The Balaban J connectivity index is 1.16. The topological polar surface area (TPSA) is 29.5 Å². The van der Waals surface area contributed by atoms with Crippen molar-refractivity contribution in [3.63, 3.8) is 0 Å². The maximum absolute atomic E-state index is 7.12. The first-order chi connectivity index (χ1) is 26.3. The molecule has 0 spiro atoms. The van der Waals surface area contributed by atoms with E-state index < -0.39 is 0 Å². The maximum atomic E-state index is 7.12. The first kappa shape index (κ1) is 29.6. The lowest BCUT2D eigenvalue weighted by Gasteiger charge is -2.27. The van der Waals surface area contributed by atoms with Crippen molar-refractivity contribution in [1.29, 1.82) is 0 Å². The van der Waals surface area contributed by atoms with Crippen LogP contribution in [0.1, 0.15) is 0 Å². The van der Waals surface area contributed by atoms with E-state index in [0.717, 1.165) is 88.6 Å². The van der Waals surface area contributed by atoms with Gasteiger partial charge in [-0.15, -0.1) is 0 Å². The second-order valence-corrected chi connectivity index (χ2v) is 13.6. The lowest BCUT2D eigenvalue weighted by atomic mass is 9.94. The fourth-order valence-corrected chi connectivity index (χ4v) is 8.23. The molecule has 0 bridgehead atoms. The van der Waals surface area contributed by atoms with Gasteiger partial charge in [-0.2, -0.15) is 0 Å². The maximum Gasteiger partial charge on any atom is 0.145 e. The third kappa shape index (κ3) is 4.61. The van der Waals surface area contributed by atoms with Crippen molar-refractivity contribution in [2.45, 2.75) is 0 Å². The minimum Gasteiger partial charge on any atom is -0.456 e. The molecule has 2 aromatic heterocycles. The van der Waals surface area contributed by atoms with Gasteiger partial charge in [0.15, 0.2) is 0 Å². The molecule has 11 rings (SSSR count). The predicted molar refractivity (Wildman–Crippen MR) is 222 cm³/mol. The number of hydrogen-bond donors (Lipinski definition) is 0. The summed E-state index contributed by atoms with van der Waals surface area (Å²) in [5.41, 5.74) is 11.2. The van der Waals surface area contributed by atoms with Gasteiger partial charge in [-0.1, -0.05) is 133 Å². The van der Waals surface area contributed by atoms with E-state index in [1.165, 1.54) is 16.2 Å². The van der Waals surface area contributed by atoms with Gasteiger partial charge in [0, 0.05) is 38.5 Å². The monoisotopic (exact) mass is 677 g/mol. The second kappa shape index (κ2) is 11.7. The van der Waals surface area contributed by atoms with Gasteiger partial charge in [0.1, 0.15) is 22.3 Å². The average molecular weight is 678 g/mol. The van der Waals surface area contributed by atoms with Crippen LogP contribution in [0.15, 0.2) is 197 Å². The Morgan fingerprint density at radius 3 is 1.68 bits per heavy atom. The molecule has 248 valence electrons. The fourth-order valence-electron chi connectivity index (χ4n) is 8.23. The molecular formula is C50H31NO2. The zero-order valence-electron chi connectivity index (χ0n) is 28.7. The minimum atomic E-state index is 0.877. The van der Waals surface area contributed by atoms with E-state index in [1.807, 2.05) is 12.1 Å². The summed E-state index contributed by atoms with van der Waals surface area (Å²) in [6.07, 6.45) is 0. The largest absolute Gasteiger partial charge is 0.456 e. The van der Waals surface area contributed by atoms with E-state index >= 15 is 0 Å². The standard InChI is InChI=1S/C50H31NO2/c1-3-13-33(14-4-1)37-29-30-44(48-47-42-20-9-7-17-38(42)39-18-8-10-21-43(39)50(47)53-49(37)48)51(35-15-5-2-6-16-35)36-26-23-32(24-27-36)34-25-28-41-40-19-11-12-22-45(40)52-46(41)31-34/h1-31H. The molecule has 53 heavy (non-hydrogen) atoms. The molecule has 0 aliphatic carbocycles. The van der Waals surface area contributed by atoms with Crippen LogP contribution in [0.2, 0.25) is 0 Å². The predicted octanol–water partition coefficient (Wildman–Crippen LogP) is 14.6. The van der Waals surface area contributed by atoms with E-state index in [2.05, 4.69) is 181 Å². The molecule has 0 amide bonds. The number of nitrogens with zero attached hydrogens (tertiary/aromatic N) is 1. The number of rotatable bonds is 5. The van der Waals surface area contributed by atoms with Crippen LogP contribution < -0.4 is 4.90 Å². The SMILES string of the molecule is c1ccc(-c2ccc(N(c3ccccc3)c3ccc(-c4ccc5c(c4)oc4ccccc45)cc3)c3c2oc2c4ccccc4c4ccccc4c23)cc1. The lowest BCUT2D eigenvalue weighted by molar-refractivity contribution is 0.669. The Kier molecular flexibility index (Phi) is 6.55. The van der Waals surface area contributed by atoms with Crippen LogP contribution in [0.4, 0.5) is 17.1 Å². The van der Waals surface area contributed by atoms with Crippen LogP contribution in [-0.2, 0) is 0 Å². The molecule has 0 aliphatic rings. The van der Waals surface area contributed by atoms with Crippen LogP contribution in [0.25, 0.3) is 87.7 Å². The molecule has 0 radical (unpaired) electrons. The smallest absolute Gasteiger partial charge is 0.145 e. The Morgan fingerprint density at radius 1 is 0.321 bits per heavy atom.